The summed E-state index contributed by atoms with van der Waals surface area (Å²) in [6, 6.07) is 17.2. The van der Waals surface area contributed by atoms with Crippen LogP contribution < -0.4 is 30.9 Å². The fourth-order valence-electron chi connectivity index (χ4n) is 11.5. The van der Waals surface area contributed by atoms with Crippen molar-refractivity contribution in [2.45, 2.75) is 70.0 Å². The Hall–Kier alpha value is -7.57. The monoisotopic (exact) mass is 989 g/mol. The van der Waals surface area contributed by atoms with Crippen LogP contribution in [-0.2, 0) is 33.4 Å². The third-order valence-electron chi connectivity index (χ3n) is 15.8. The van der Waals surface area contributed by atoms with E-state index in [1.165, 1.54) is 27.8 Å². The molecule has 2 aromatic carbocycles. The Morgan fingerprint density at radius 2 is 1.73 bits per heavy atom. The van der Waals surface area contributed by atoms with Crippen LogP contribution in [0.25, 0.3) is 22.3 Å². The second-order valence-corrected chi connectivity index (χ2v) is 20.1. The van der Waals surface area contributed by atoms with Gasteiger partial charge in [-0.25, -0.2) is 18.7 Å². The number of halogens is 2. The number of hydrogen-bond acceptors (Lipinski definition) is 11. The quantitative estimate of drug-likeness (QED) is 0.139. The van der Waals surface area contributed by atoms with Gasteiger partial charge in [0, 0.05) is 120 Å². The number of fused-ring (bicyclic) bond motifs is 3. The molecule has 73 heavy (non-hydrogen) atoms. The van der Waals surface area contributed by atoms with E-state index >= 15 is 4.39 Å². The highest BCUT2D eigenvalue weighted by Crippen LogP contribution is 2.58. The number of anilines is 4. The first-order valence-corrected chi connectivity index (χ1v) is 24.9. The SMILES string of the molecule is CNc1cc(=O)n(-c2ccnc3c2cc([C@H](C)N2CC=C(c4c(C)cc(C(=O)N(C)c5ccc(N6CCN(Cc7ccc8c(c7)C7(CC7)C(=O)N8C7CCC(=O)NC7=O)CC6)nc5)cc4F)CC2)n3C)cc1F. The van der Waals surface area contributed by atoms with Gasteiger partial charge in [0.1, 0.15) is 23.3 Å². The van der Waals surface area contributed by atoms with Crippen LogP contribution in [-0.4, -0.2) is 112 Å². The molecule has 6 aromatic rings. The Bertz CT molecular complexity index is 3330. The molecule has 376 valence electrons. The lowest BCUT2D eigenvalue weighted by Gasteiger charge is -2.35. The van der Waals surface area contributed by atoms with Gasteiger partial charge in [0.15, 0.2) is 5.82 Å². The summed E-state index contributed by atoms with van der Waals surface area (Å²) in [4.78, 5) is 84.5. The maximum Gasteiger partial charge on any atom is 0.258 e. The molecule has 4 amide bonds. The fourth-order valence-corrected chi connectivity index (χ4v) is 11.5. The summed E-state index contributed by atoms with van der Waals surface area (Å²) in [6.07, 6.45) is 9.18. The van der Waals surface area contributed by atoms with E-state index < -0.39 is 29.0 Å². The second-order valence-electron chi connectivity index (χ2n) is 20.1. The molecule has 4 aliphatic heterocycles. The first kappa shape index (κ1) is 47.7. The van der Waals surface area contributed by atoms with Gasteiger partial charge in [0.25, 0.3) is 11.5 Å². The van der Waals surface area contributed by atoms with Crippen LogP contribution in [0.4, 0.5) is 31.7 Å². The highest BCUT2D eigenvalue weighted by molar-refractivity contribution is 6.15. The minimum atomic E-state index is -0.671. The van der Waals surface area contributed by atoms with Crippen LogP contribution >= 0.6 is 0 Å². The zero-order valence-corrected chi connectivity index (χ0v) is 41.5. The number of piperidine rings is 1. The third-order valence-corrected chi connectivity index (χ3v) is 15.8. The molecule has 1 saturated carbocycles. The summed E-state index contributed by atoms with van der Waals surface area (Å²) < 4.78 is 34.2. The van der Waals surface area contributed by atoms with Crippen LogP contribution in [0.5, 0.6) is 0 Å². The summed E-state index contributed by atoms with van der Waals surface area (Å²) in [5.74, 6) is -1.28. The topological polar surface area (TPSA) is 161 Å². The molecule has 1 aliphatic carbocycles. The third kappa shape index (κ3) is 8.35. The number of carbonyl (C=O) groups is 4. The molecule has 16 nitrogen and oxygen atoms in total. The summed E-state index contributed by atoms with van der Waals surface area (Å²) in [7, 11) is 5.15. The average molecular weight is 990 g/mol. The lowest BCUT2D eigenvalue weighted by atomic mass is 9.92. The first-order chi connectivity index (χ1) is 35.1. The van der Waals surface area contributed by atoms with E-state index in [1.807, 2.05) is 54.9 Å². The van der Waals surface area contributed by atoms with Crippen LogP contribution in [0.1, 0.15) is 83.4 Å². The van der Waals surface area contributed by atoms with Crippen LogP contribution in [0.3, 0.4) is 0 Å². The average Bonchev–Trinajstić information content (AvgIpc) is 4.09. The number of carbonyl (C=O) groups excluding carboxylic acids is 4. The molecule has 11 rings (SSSR count). The second kappa shape index (κ2) is 18.5. The minimum absolute atomic E-state index is 0.0338. The molecule has 2 atom stereocenters. The van der Waals surface area contributed by atoms with Crippen molar-refractivity contribution >= 4 is 63.1 Å². The Balaban J connectivity index is 0.705. The zero-order chi connectivity index (χ0) is 51.0. The Morgan fingerprint density at radius 3 is 2.41 bits per heavy atom. The minimum Gasteiger partial charge on any atom is -0.386 e. The summed E-state index contributed by atoms with van der Waals surface area (Å²) in [5.41, 5.74) is 7.13. The summed E-state index contributed by atoms with van der Waals surface area (Å²) >= 11 is 0. The molecule has 2 N–H and O–H groups in total. The number of rotatable bonds is 11. The van der Waals surface area contributed by atoms with Crippen molar-refractivity contribution in [1.82, 2.24) is 34.2 Å². The Labute approximate surface area is 420 Å². The number of aryl methyl sites for hydroxylation is 2. The van der Waals surface area contributed by atoms with Gasteiger partial charge in [0.2, 0.25) is 17.7 Å². The van der Waals surface area contributed by atoms with E-state index in [4.69, 9.17) is 4.98 Å². The van der Waals surface area contributed by atoms with Gasteiger partial charge in [-0.15, -0.1) is 0 Å². The van der Waals surface area contributed by atoms with Crippen molar-refractivity contribution in [3.8, 4) is 5.69 Å². The van der Waals surface area contributed by atoms with E-state index in [1.54, 1.807) is 43.5 Å². The molecule has 0 radical (unpaired) electrons. The lowest BCUT2D eigenvalue weighted by Crippen LogP contribution is -2.54. The first-order valence-electron chi connectivity index (χ1n) is 24.9. The molecular formula is C55H57F2N11O5. The van der Waals surface area contributed by atoms with Gasteiger partial charge in [-0.2, -0.15) is 0 Å². The molecule has 0 bridgehead atoms. The maximum absolute atomic E-state index is 16.2. The van der Waals surface area contributed by atoms with E-state index in [2.05, 4.69) is 43.3 Å². The number of aromatic nitrogens is 4. The number of benzene rings is 2. The van der Waals surface area contributed by atoms with Gasteiger partial charge in [-0.3, -0.25) is 48.6 Å². The maximum atomic E-state index is 16.2. The number of piperazine rings is 1. The largest absolute Gasteiger partial charge is 0.386 e. The molecule has 3 fully saturated rings. The molecule has 4 aromatic heterocycles. The van der Waals surface area contributed by atoms with Crippen molar-refractivity contribution in [2.24, 2.45) is 7.05 Å². The predicted molar refractivity (Wildman–Crippen MR) is 275 cm³/mol. The Morgan fingerprint density at radius 1 is 0.932 bits per heavy atom. The van der Waals surface area contributed by atoms with E-state index in [9.17, 15) is 28.4 Å². The standard InChI is InChI=1S/C55H57F2N11O5/c1-32-24-36(26-40(56)50(32)35-13-18-65(19-14-35)33(2)46-27-38-43(12-17-59-51(38)63(46)5)67-31-41(57)42(58-3)28-49(67)70)53(72)62(4)37-7-10-47(60-29-37)66-22-20-64(21-23-66)30-34-6-8-44-39(25-34)55(15-16-55)54(73)68(44)45-9-11-48(69)61-52(45)71/h6-8,10,12-13,17,24-29,31,33,45,58H,9,11,14-16,18-23,30H2,1-5H3,(H,61,69,71)/t33-,45?/m0/s1. The predicted octanol–water partition coefficient (Wildman–Crippen LogP) is 6.38. The molecule has 2 saturated heterocycles. The van der Waals surface area contributed by atoms with E-state index in [-0.39, 0.29) is 47.0 Å². The number of imide groups is 1. The number of amides is 4. The van der Waals surface area contributed by atoms with Crippen LogP contribution in [0.15, 0.2) is 90.1 Å². The van der Waals surface area contributed by atoms with Gasteiger partial charge in [-0.1, -0.05) is 18.2 Å². The van der Waals surface area contributed by atoms with Gasteiger partial charge in [0.05, 0.1) is 34.9 Å². The van der Waals surface area contributed by atoms with Crippen LogP contribution in [0.2, 0.25) is 0 Å². The molecule has 8 heterocycles. The molecule has 18 heteroatoms. The summed E-state index contributed by atoms with van der Waals surface area (Å²) in [6.45, 7) is 8.97. The number of hydrogen-bond donors (Lipinski definition) is 2. The molecule has 5 aliphatic rings. The zero-order valence-electron chi connectivity index (χ0n) is 41.5. The molecular weight excluding hydrogens is 933 g/mol. The van der Waals surface area contributed by atoms with Gasteiger partial charge >= 0.3 is 0 Å². The number of nitrogens with zero attached hydrogens (tertiary/aromatic N) is 9. The van der Waals surface area contributed by atoms with Crippen molar-refractivity contribution in [2.75, 3.05) is 73.4 Å². The van der Waals surface area contributed by atoms with Crippen molar-refractivity contribution in [3.05, 3.63) is 141 Å². The fraction of sp³-hybridized carbons (Fsp3) is 0.364. The number of nitrogens with one attached hydrogen (secondary N) is 2. The highest BCUT2D eigenvalue weighted by Gasteiger charge is 2.61. The normalized spacial score (nSPS) is 19.3. The van der Waals surface area contributed by atoms with E-state index in [0.29, 0.717) is 54.1 Å². The van der Waals surface area contributed by atoms with Gasteiger partial charge in [-0.05, 0) is 104 Å². The van der Waals surface area contributed by atoms with Crippen LogP contribution in [0, 0.1) is 18.6 Å². The molecule has 1 spiro atoms. The highest BCUT2D eigenvalue weighted by atomic mass is 19.1. The summed E-state index contributed by atoms with van der Waals surface area (Å²) in [5, 5.41) is 5.84. The Kier molecular flexibility index (Phi) is 12.1. The van der Waals surface area contributed by atoms with E-state index in [0.717, 1.165) is 84.9 Å². The van der Waals surface area contributed by atoms with Gasteiger partial charge < -0.3 is 19.7 Å². The van der Waals surface area contributed by atoms with Crippen molar-refractivity contribution in [3.63, 3.8) is 0 Å². The lowest BCUT2D eigenvalue weighted by molar-refractivity contribution is -0.135. The smallest absolute Gasteiger partial charge is 0.258 e. The molecule has 1 unspecified atom stereocenters. The van der Waals surface area contributed by atoms with Crippen molar-refractivity contribution in [1.29, 1.82) is 0 Å². The van der Waals surface area contributed by atoms with Crippen molar-refractivity contribution < 1.29 is 28.0 Å². The number of pyridine rings is 3.